The molecule has 1 unspecified atom stereocenters. The summed E-state index contributed by atoms with van der Waals surface area (Å²) in [5.41, 5.74) is 0.598. The lowest BCUT2D eigenvalue weighted by Gasteiger charge is -2.12. The first-order valence-electron chi connectivity index (χ1n) is 6.63. The maximum Gasteiger partial charge on any atom is 0.251 e. The molecular formula is C15H18BrNO3. The summed E-state index contributed by atoms with van der Waals surface area (Å²) in [5, 5.41) is 2.89. The van der Waals surface area contributed by atoms with Crippen LogP contribution < -0.4 is 10.1 Å². The van der Waals surface area contributed by atoms with Crippen LogP contribution in [0.5, 0.6) is 5.75 Å². The van der Waals surface area contributed by atoms with Crippen molar-refractivity contribution in [3.63, 3.8) is 0 Å². The maximum absolute atomic E-state index is 12.0. The predicted octanol–water partition coefficient (Wildman–Crippen LogP) is 2.92. The second kappa shape index (κ2) is 7.45. The minimum absolute atomic E-state index is 0.100. The van der Waals surface area contributed by atoms with Gasteiger partial charge >= 0.3 is 0 Å². The lowest BCUT2D eigenvalue weighted by Crippen LogP contribution is -2.31. The molecule has 0 bridgehead atoms. The Morgan fingerprint density at radius 3 is 3.10 bits per heavy atom. The molecule has 0 aromatic heterocycles. The second-order valence-electron chi connectivity index (χ2n) is 4.59. The first-order valence-corrected chi connectivity index (χ1v) is 7.43. The van der Waals surface area contributed by atoms with Crippen LogP contribution >= 0.6 is 15.9 Å². The van der Waals surface area contributed by atoms with Crippen LogP contribution in [0.4, 0.5) is 0 Å². The Bertz CT molecular complexity index is 484. The van der Waals surface area contributed by atoms with Crippen LogP contribution in [0.15, 0.2) is 35.3 Å². The Labute approximate surface area is 127 Å². The zero-order valence-corrected chi connectivity index (χ0v) is 12.8. The molecule has 1 aliphatic rings. The van der Waals surface area contributed by atoms with Crippen molar-refractivity contribution in [3.8, 4) is 5.75 Å². The van der Waals surface area contributed by atoms with E-state index in [0.717, 1.165) is 23.9 Å². The average molecular weight is 340 g/mol. The molecule has 5 heteroatoms. The van der Waals surface area contributed by atoms with Crippen LogP contribution in [0.1, 0.15) is 23.2 Å². The van der Waals surface area contributed by atoms with Crippen LogP contribution in [0.3, 0.4) is 0 Å². The number of benzene rings is 1. The van der Waals surface area contributed by atoms with Gasteiger partial charge in [-0.15, -0.1) is 0 Å². The van der Waals surface area contributed by atoms with Gasteiger partial charge in [-0.05, 0) is 47.0 Å². The van der Waals surface area contributed by atoms with Crippen LogP contribution in [0.2, 0.25) is 0 Å². The molecule has 0 saturated carbocycles. The first-order chi connectivity index (χ1) is 9.70. The number of ether oxygens (including phenoxy) is 2. The summed E-state index contributed by atoms with van der Waals surface area (Å²) in [5.74, 6) is 0.594. The molecule has 1 heterocycles. The van der Waals surface area contributed by atoms with Gasteiger partial charge in [0, 0.05) is 18.7 Å². The highest BCUT2D eigenvalue weighted by Gasteiger charge is 2.17. The molecule has 1 saturated heterocycles. The third-order valence-corrected chi connectivity index (χ3v) is 3.68. The Morgan fingerprint density at radius 1 is 1.60 bits per heavy atom. The highest BCUT2D eigenvalue weighted by atomic mass is 79.9. The fourth-order valence-corrected chi connectivity index (χ4v) is 2.52. The normalized spacial score (nSPS) is 17.8. The summed E-state index contributed by atoms with van der Waals surface area (Å²) >= 11 is 3.40. The predicted molar refractivity (Wildman–Crippen MR) is 81.1 cm³/mol. The van der Waals surface area contributed by atoms with Gasteiger partial charge < -0.3 is 14.8 Å². The largest absolute Gasteiger partial charge is 0.488 e. The van der Waals surface area contributed by atoms with E-state index in [0.29, 0.717) is 24.5 Å². The molecule has 4 nitrogen and oxygen atoms in total. The van der Waals surface area contributed by atoms with Crippen molar-refractivity contribution in [2.24, 2.45) is 0 Å². The maximum atomic E-state index is 12.0. The van der Waals surface area contributed by atoms with E-state index in [9.17, 15) is 4.79 Å². The van der Waals surface area contributed by atoms with Gasteiger partial charge in [-0.3, -0.25) is 4.79 Å². The molecule has 1 amide bonds. The first kappa shape index (κ1) is 15.1. The van der Waals surface area contributed by atoms with Gasteiger partial charge in [0.15, 0.2) is 0 Å². The Kier molecular flexibility index (Phi) is 5.61. The molecule has 0 aliphatic carbocycles. The standard InChI is InChI=1S/C15H18BrNO3/c1-2-7-20-14-6-5-11(9-13(14)16)15(18)17-10-12-4-3-8-19-12/h2,5-6,9,12H,1,3-4,7-8,10H2,(H,17,18). The van der Waals surface area contributed by atoms with E-state index in [1.807, 2.05) is 0 Å². The van der Waals surface area contributed by atoms with Gasteiger partial charge in [-0.25, -0.2) is 0 Å². The molecule has 1 aromatic rings. The van der Waals surface area contributed by atoms with E-state index < -0.39 is 0 Å². The number of hydrogen-bond donors (Lipinski definition) is 1. The second-order valence-corrected chi connectivity index (χ2v) is 5.44. The van der Waals surface area contributed by atoms with Gasteiger partial charge in [0.2, 0.25) is 0 Å². The molecule has 0 spiro atoms. The third kappa shape index (κ3) is 4.08. The molecular weight excluding hydrogens is 322 g/mol. The summed E-state index contributed by atoms with van der Waals surface area (Å²) in [6.45, 7) is 5.38. The van der Waals surface area contributed by atoms with Crippen LogP contribution in [0.25, 0.3) is 0 Å². The molecule has 1 aromatic carbocycles. The Hall–Kier alpha value is -1.33. The summed E-state index contributed by atoms with van der Waals surface area (Å²) < 4.78 is 11.7. The number of nitrogens with one attached hydrogen (secondary N) is 1. The number of rotatable bonds is 6. The molecule has 1 fully saturated rings. The summed E-state index contributed by atoms with van der Waals surface area (Å²) in [4.78, 5) is 12.0. The van der Waals surface area contributed by atoms with Crippen molar-refractivity contribution in [2.45, 2.75) is 18.9 Å². The summed E-state index contributed by atoms with van der Waals surface area (Å²) in [7, 11) is 0. The number of halogens is 1. The fraction of sp³-hybridized carbons (Fsp3) is 0.400. The topological polar surface area (TPSA) is 47.6 Å². The van der Waals surface area contributed by atoms with E-state index in [1.165, 1.54) is 0 Å². The summed E-state index contributed by atoms with van der Waals surface area (Å²) in [6, 6.07) is 5.27. The number of carbonyl (C=O) groups is 1. The van der Waals surface area contributed by atoms with Crippen LogP contribution in [0, 0.1) is 0 Å². The number of amides is 1. The van der Waals surface area contributed by atoms with E-state index in [2.05, 4.69) is 27.8 Å². The van der Waals surface area contributed by atoms with E-state index >= 15 is 0 Å². The SMILES string of the molecule is C=CCOc1ccc(C(=O)NCC2CCCO2)cc1Br. The van der Waals surface area contributed by atoms with Crippen molar-refractivity contribution in [3.05, 3.63) is 40.9 Å². The van der Waals surface area contributed by atoms with Gasteiger partial charge in [0.05, 0.1) is 10.6 Å². The van der Waals surface area contributed by atoms with Crippen molar-refractivity contribution in [2.75, 3.05) is 19.8 Å². The fourth-order valence-electron chi connectivity index (χ4n) is 2.02. The molecule has 108 valence electrons. The van der Waals surface area contributed by atoms with Gasteiger partial charge in [0.1, 0.15) is 12.4 Å². The molecule has 1 N–H and O–H groups in total. The average Bonchev–Trinajstić information content (AvgIpc) is 2.96. The highest BCUT2D eigenvalue weighted by Crippen LogP contribution is 2.26. The lowest BCUT2D eigenvalue weighted by atomic mass is 10.2. The molecule has 0 radical (unpaired) electrons. The number of carbonyl (C=O) groups excluding carboxylic acids is 1. The third-order valence-electron chi connectivity index (χ3n) is 3.07. The van der Waals surface area contributed by atoms with E-state index in [-0.39, 0.29) is 12.0 Å². The van der Waals surface area contributed by atoms with E-state index in [1.54, 1.807) is 24.3 Å². The van der Waals surface area contributed by atoms with Crippen molar-refractivity contribution >= 4 is 21.8 Å². The molecule has 1 atom stereocenters. The van der Waals surface area contributed by atoms with Crippen molar-refractivity contribution in [1.29, 1.82) is 0 Å². The molecule has 20 heavy (non-hydrogen) atoms. The Balaban J connectivity index is 1.92. The van der Waals surface area contributed by atoms with Gasteiger partial charge in [-0.2, -0.15) is 0 Å². The smallest absolute Gasteiger partial charge is 0.251 e. The zero-order chi connectivity index (χ0) is 14.4. The van der Waals surface area contributed by atoms with Crippen molar-refractivity contribution < 1.29 is 14.3 Å². The van der Waals surface area contributed by atoms with Crippen LogP contribution in [-0.4, -0.2) is 31.8 Å². The van der Waals surface area contributed by atoms with Gasteiger partial charge in [-0.1, -0.05) is 12.7 Å². The van der Waals surface area contributed by atoms with Crippen molar-refractivity contribution in [1.82, 2.24) is 5.32 Å². The highest BCUT2D eigenvalue weighted by molar-refractivity contribution is 9.10. The quantitative estimate of drug-likeness (QED) is 0.810. The number of hydrogen-bond acceptors (Lipinski definition) is 3. The summed E-state index contributed by atoms with van der Waals surface area (Å²) in [6.07, 6.45) is 3.91. The molecule has 1 aliphatic heterocycles. The lowest BCUT2D eigenvalue weighted by molar-refractivity contribution is 0.0857. The van der Waals surface area contributed by atoms with Gasteiger partial charge in [0.25, 0.3) is 5.91 Å². The minimum Gasteiger partial charge on any atom is -0.488 e. The Morgan fingerprint density at radius 2 is 2.45 bits per heavy atom. The molecule has 2 rings (SSSR count). The minimum atomic E-state index is -0.100. The van der Waals surface area contributed by atoms with E-state index in [4.69, 9.17) is 9.47 Å². The van der Waals surface area contributed by atoms with Crippen LogP contribution in [-0.2, 0) is 4.74 Å². The monoisotopic (exact) mass is 339 g/mol. The zero-order valence-electron chi connectivity index (χ0n) is 11.2.